The number of carbonyl (C=O) groups is 1. The zero-order valence-corrected chi connectivity index (χ0v) is 19.8. The molecular weight excluding hydrogens is 576 g/mol. The lowest BCUT2D eigenvalue weighted by molar-refractivity contribution is 0.0884. The summed E-state index contributed by atoms with van der Waals surface area (Å²) in [5.41, 5.74) is 4.06. The summed E-state index contributed by atoms with van der Waals surface area (Å²) >= 11 is 4.47. The van der Waals surface area contributed by atoms with Crippen molar-refractivity contribution < 1.29 is 4.79 Å². The maximum atomic E-state index is 12.7. The molecule has 0 N–H and O–H groups in total. The van der Waals surface area contributed by atoms with Gasteiger partial charge in [0, 0.05) is 48.3 Å². The van der Waals surface area contributed by atoms with E-state index in [1.165, 1.54) is 11.1 Å². The second-order valence-corrected chi connectivity index (χ2v) is 8.83. The lowest BCUT2D eigenvalue weighted by atomic mass is 9.99. The highest BCUT2D eigenvalue weighted by Crippen LogP contribution is 2.31. The van der Waals surface area contributed by atoms with Crippen LogP contribution in [0.1, 0.15) is 33.1 Å². The molecule has 1 amide bonds. The van der Waals surface area contributed by atoms with E-state index in [-0.39, 0.29) is 11.9 Å². The van der Waals surface area contributed by atoms with Gasteiger partial charge in [0.2, 0.25) is 0 Å². The van der Waals surface area contributed by atoms with Gasteiger partial charge in [-0.1, -0.05) is 60.7 Å². The van der Waals surface area contributed by atoms with E-state index in [0.29, 0.717) is 12.1 Å². The predicted octanol–water partition coefficient (Wildman–Crippen LogP) is 5.62. The van der Waals surface area contributed by atoms with Gasteiger partial charge in [-0.05, 0) is 29.7 Å². The molecule has 0 aliphatic rings. The summed E-state index contributed by atoms with van der Waals surface area (Å²) in [6.45, 7) is 3.29. The van der Waals surface area contributed by atoms with Crippen LogP contribution in [0.2, 0.25) is 0 Å². The van der Waals surface area contributed by atoms with E-state index >= 15 is 0 Å². The average Bonchev–Trinajstić information content (AvgIpc) is 2.73. The number of aromatic nitrogens is 1. The second kappa shape index (κ2) is 10.3. The van der Waals surface area contributed by atoms with E-state index in [1.54, 1.807) is 15.5 Å². The SMILES string of the molecule is Cc1ccncc1C(=O)N(I)CCN(I)C(c1ccccc1)c1ccccc1. The maximum absolute atomic E-state index is 12.7. The number of amides is 1. The summed E-state index contributed by atoms with van der Waals surface area (Å²) in [6, 6.07) is 22.9. The molecule has 144 valence electrons. The first-order valence-electron chi connectivity index (χ1n) is 8.98. The number of pyridine rings is 1. The van der Waals surface area contributed by atoms with Crippen molar-refractivity contribution in [1.29, 1.82) is 0 Å². The Morgan fingerprint density at radius 3 is 2.04 bits per heavy atom. The molecule has 3 rings (SSSR count). The summed E-state index contributed by atoms with van der Waals surface area (Å²) < 4.78 is 4.00. The molecule has 1 heterocycles. The van der Waals surface area contributed by atoms with Gasteiger partial charge in [-0.15, -0.1) is 0 Å². The summed E-state index contributed by atoms with van der Waals surface area (Å²) in [5.74, 6) is -0.00743. The number of benzene rings is 2. The van der Waals surface area contributed by atoms with Crippen molar-refractivity contribution in [1.82, 2.24) is 11.2 Å². The molecule has 0 spiro atoms. The Morgan fingerprint density at radius 1 is 0.929 bits per heavy atom. The Kier molecular flexibility index (Phi) is 7.81. The van der Waals surface area contributed by atoms with Crippen molar-refractivity contribution >= 4 is 51.6 Å². The minimum absolute atomic E-state index is 0.00743. The number of nitrogens with zero attached hydrogens (tertiary/aromatic N) is 3. The van der Waals surface area contributed by atoms with Gasteiger partial charge in [-0.2, -0.15) is 0 Å². The number of hydrogen-bond donors (Lipinski definition) is 0. The highest BCUT2D eigenvalue weighted by Gasteiger charge is 2.22. The van der Waals surface area contributed by atoms with Crippen molar-refractivity contribution in [2.45, 2.75) is 13.0 Å². The standard InChI is InChI=1S/C22H21I2N3O/c1-17-12-13-25-16-20(17)22(28)27(24)15-14-26(23)21(18-8-4-2-5-9-18)19-10-6-3-7-11-19/h2-13,16,21H,14-15H2,1H3. The number of carbonyl (C=O) groups excluding carboxylic acids is 1. The summed E-state index contributed by atoms with van der Waals surface area (Å²) in [7, 11) is 0. The quantitative estimate of drug-likeness (QED) is 0.262. The molecule has 3 aromatic rings. The van der Waals surface area contributed by atoms with Crippen LogP contribution in [0.4, 0.5) is 0 Å². The zero-order chi connectivity index (χ0) is 19.9. The van der Waals surface area contributed by atoms with Gasteiger partial charge < -0.3 is 0 Å². The maximum Gasteiger partial charge on any atom is 0.264 e. The molecule has 4 nitrogen and oxygen atoms in total. The van der Waals surface area contributed by atoms with Gasteiger partial charge in [0.15, 0.2) is 0 Å². The fourth-order valence-corrected chi connectivity index (χ4v) is 4.35. The molecule has 2 aromatic carbocycles. The first-order chi connectivity index (χ1) is 13.6. The smallest absolute Gasteiger partial charge is 0.264 e. The third-order valence-corrected chi connectivity index (χ3v) is 6.47. The lowest BCUT2D eigenvalue weighted by Gasteiger charge is -2.28. The Balaban J connectivity index is 1.73. The van der Waals surface area contributed by atoms with Crippen LogP contribution < -0.4 is 0 Å². The first-order valence-corrected chi connectivity index (χ1v) is 10.9. The first kappa shape index (κ1) is 21.2. The van der Waals surface area contributed by atoms with Gasteiger partial charge in [0.1, 0.15) is 0 Å². The van der Waals surface area contributed by atoms with Crippen LogP contribution in [0, 0.1) is 6.92 Å². The summed E-state index contributed by atoms with van der Waals surface area (Å²) in [4.78, 5) is 16.8. The van der Waals surface area contributed by atoms with Crippen LogP contribution >= 0.6 is 45.7 Å². The zero-order valence-electron chi connectivity index (χ0n) is 15.5. The van der Waals surface area contributed by atoms with Crippen molar-refractivity contribution in [3.05, 3.63) is 101 Å². The van der Waals surface area contributed by atoms with E-state index in [4.69, 9.17) is 0 Å². The fourth-order valence-electron chi connectivity index (χ4n) is 3.02. The Morgan fingerprint density at radius 2 is 1.50 bits per heavy atom. The number of aryl methyl sites for hydroxylation is 1. The summed E-state index contributed by atoms with van der Waals surface area (Å²) in [6.07, 6.45) is 3.35. The largest absolute Gasteiger partial charge is 0.280 e. The molecule has 0 unspecified atom stereocenters. The molecule has 1 aromatic heterocycles. The van der Waals surface area contributed by atoms with E-state index in [9.17, 15) is 4.79 Å². The van der Waals surface area contributed by atoms with E-state index in [1.807, 2.05) is 25.1 Å². The van der Waals surface area contributed by atoms with Crippen LogP contribution in [0.3, 0.4) is 0 Å². The minimum Gasteiger partial charge on any atom is -0.280 e. The molecular formula is C22H21I2N3O. The number of halogens is 2. The molecule has 0 saturated heterocycles. The highest BCUT2D eigenvalue weighted by atomic mass is 127. The topological polar surface area (TPSA) is 36.4 Å². The number of rotatable bonds is 7. The van der Waals surface area contributed by atoms with Crippen LogP contribution in [-0.2, 0) is 0 Å². The van der Waals surface area contributed by atoms with Gasteiger partial charge in [0.05, 0.1) is 34.5 Å². The van der Waals surface area contributed by atoms with Crippen molar-refractivity contribution in [3.63, 3.8) is 0 Å². The van der Waals surface area contributed by atoms with Crippen molar-refractivity contribution in [2.24, 2.45) is 0 Å². The van der Waals surface area contributed by atoms with E-state index < -0.39 is 0 Å². The molecule has 0 radical (unpaired) electrons. The molecule has 0 atom stereocenters. The van der Waals surface area contributed by atoms with E-state index in [0.717, 1.165) is 12.1 Å². The molecule has 0 bridgehead atoms. The molecule has 0 aliphatic carbocycles. The molecule has 6 heteroatoms. The van der Waals surface area contributed by atoms with Crippen molar-refractivity contribution in [2.75, 3.05) is 13.1 Å². The summed E-state index contributed by atoms with van der Waals surface area (Å²) in [5, 5.41) is 0. The Hall–Kier alpha value is -1.52. The fraction of sp³-hybridized carbons (Fsp3) is 0.182. The monoisotopic (exact) mass is 597 g/mol. The van der Waals surface area contributed by atoms with Crippen LogP contribution in [0.15, 0.2) is 79.1 Å². The third kappa shape index (κ3) is 5.30. The Labute approximate surface area is 194 Å². The van der Waals surface area contributed by atoms with Gasteiger partial charge in [0.25, 0.3) is 5.91 Å². The highest BCUT2D eigenvalue weighted by molar-refractivity contribution is 14.1. The van der Waals surface area contributed by atoms with Crippen LogP contribution in [0.5, 0.6) is 0 Å². The second-order valence-electron chi connectivity index (χ2n) is 6.43. The molecule has 0 saturated carbocycles. The molecule has 28 heavy (non-hydrogen) atoms. The average molecular weight is 597 g/mol. The van der Waals surface area contributed by atoms with Crippen molar-refractivity contribution in [3.8, 4) is 0 Å². The normalized spacial score (nSPS) is 11.0. The van der Waals surface area contributed by atoms with Crippen LogP contribution in [0.25, 0.3) is 0 Å². The van der Waals surface area contributed by atoms with Crippen LogP contribution in [-0.4, -0.2) is 30.2 Å². The minimum atomic E-state index is -0.00743. The third-order valence-electron chi connectivity index (χ3n) is 4.51. The van der Waals surface area contributed by atoms with E-state index in [2.05, 4.69) is 102 Å². The Bertz CT molecular complexity index is 866. The lowest BCUT2D eigenvalue weighted by Crippen LogP contribution is -2.31. The van der Waals surface area contributed by atoms with Gasteiger partial charge in [-0.3, -0.25) is 12.9 Å². The predicted molar refractivity (Wildman–Crippen MR) is 129 cm³/mol. The van der Waals surface area contributed by atoms with Gasteiger partial charge in [-0.25, -0.2) is 3.11 Å². The molecule has 0 fully saturated rings. The molecule has 0 aliphatic heterocycles. The van der Waals surface area contributed by atoms with Gasteiger partial charge >= 0.3 is 0 Å². The number of hydrogen-bond acceptors (Lipinski definition) is 3.